The summed E-state index contributed by atoms with van der Waals surface area (Å²) in [6, 6.07) is 20.9. The van der Waals surface area contributed by atoms with Gasteiger partial charge in [0.15, 0.2) is 5.11 Å². The van der Waals surface area contributed by atoms with Gasteiger partial charge in [-0.3, -0.25) is 10.1 Å². The molecule has 2 aromatic heterocycles. The molecule has 146 valence electrons. The molecule has 0 unspecified atom stereocenters. The summed E-state index contributed by atoms with van der Waals surface area (Å²) in [6.07, 6.45) is 0. The fraction of sp³-hybridized carbons (Fsp3) is 0. The minimum Gasteiger partial charge on any atom is -0.332 e. The Hall–Kier alpha value is -3.27. The van der Waals surface area contributed by atoms with Gasteiger partial charge in [-0.2, -0.15) is 8.75 Å². The predicted octanol–water partition coefficient (Wildman–Crippen LogP) is 5.09. The van der Waals surface area contributed by atoms with Crippen molar-refractivity contribution in [2.75, 3.05) is 5.32 Å². The van der Waals surface area contributed by atoms with E-state index < -0.39 is 0 Å². The molecule has 0 aliphatic heterocycles. The third-order valence-electron chi connectivity index (χ3n) is 4.44. The minimum absolute atomic E-state index is 0.213. The Bertz CT molecular complexity index is 1380. The molecule has 0 saturated heterocycles. The Kier molecular flexibility index (Phi) is 4.91. The zero-order valence-electron chi connectivity index (χ0n) is 15.3. The number of carbonyl (C=O) groups is 1. The number of fused-ring (bicyclic) bond motifs is 2. The summed E-state index contributed by atoms with van der Waals surface area (Å²) in [5.74, 6) is -0.306. The molecule has 0 fully saturated rings. The van der Waals surface area contributed by atoms with Crippen LogP contribution < -0.4 is 10.6 Å². The van der Waals surface area contributed by atoms with Gasteiger partial charge in [-0.25, -0.2) is 4.98 Å². The molecule has 0 bridgehead atoms. The minimum atomic E-state index is -0.306. The molecule has 0 saturated carbocycles. The van der Waals surface area contributed by atoms with Crippen molar-refractivity contribution in [3.05, 3.63) is 72.3 Å². The molecule has 9 heteroatoms. The first-order valence-electron chi connectivity index (χ1n) is 8.97. The second-order valence-corrected chi connectivity index (χ2v) is 8.38. The predicted molar refractivity (Wildman–Crippen MR) is 126 cm³/mol. The molecule has 5 aromatic rings. The Morgan fingerprint density at radius 2 is 1.70 bits per heavy atom. The average Bonchev–Trinajstić information content (AvgIpc) is 3.40. The second kappa shape index (κ2) is 7.86. The highest BCUT2D eigenvalue weighted by Crippen LogP contribution is 2.34. The van der Waals surface area contributed by atoms with Crippen molar-refractivity contribution in [1.29, 1.82) is 0 Å². The highest BCUT2D eigenvalue weighted by molar-refractivity contribution is 7.80. The van der Waals surface area contributed by atoms with Crippen molar-refractivity contribution in [3.8, 4) is 10.6 Å². The largest absolute Gasteiger partial charge is 0.332 e. The number of rotatable bonds is 3. The Morgan fingerprint density at radius 3 is 2.60 bits per heavy atom. The number of para-hydroxylation sites is 2. The van der Waals surface area contributed by atoms with Crippen LogP contribution in [0.25, 0.3) is 31.8 Å². The summed E-state index contributed by atoms with van der Waals surface area (Å²) in [6.45, 7) is 0. The number of anilines is 1. The number of thiocarbonyl (C=S) groups is 1. The van der Waals surface area contributed by atoms with E-state index in [9.17, 15) is 4.79 Å². The molecule has 6 nitrogen and oxygen atoms in total. The summed E-state index contributed by atoms with van der Waals surface area (Å²) >= 11 is 8.11. The van der Waals surface area contributed by atoms with Crippen LogP contribution in [-0.2, 0) is 0 Å². The number of carbonyl (C=O) groups excluding carboxylic acids is 1. The lowest BCUT2D eigenvalue weighted by Crippen LogP contribution is -2.34. The molecule has 30 heavy (non-hydrogen) atoms. The highest BCUT2D eigenvalue weighted by atomic mass is 32.1. The van der Waals surface area contributed by atoms with Crippen LogP contribution >= 0.6 is 35.3 Å². The summed E-state index contributed by atoms with van der Waals surface area (Å²) in [4.78, 5) is 17.3. The number of nitrogens with zero attached hydrogens (tertiary/aromatic N) is 3. The molecule has 2 N–H and O–H groups in total. The lowest BCUT2D eigenvalue weighted by Gasteiger charge is -2.12. The van der Waals surface area contributed by atoms with E-state index in [1.165, 1.54) is 0 Å². The van der Waals surface area contributed by atoms with Gasteiger partial charge in [-0.05, 0) is 54.7 Å². The number of hydrogen-bond acceptors (Lipinski definition) is 7. The SMILES string of the molecule is O=C(NC(=S)Nc1ccccc1-c1nc2ccccc2s1)c1ccc2nsnc2c1. The number of amides is 1. The van der Waals surface area contributed by atoms with Crippen molar-refractivity contribution >= 4 is 73.2 Å². The lowest BCUT2D eigenvalue weighted by atomic mass is 10.2. The third-order valence-corrected chi connectivity index (χ3v) is 6.27. The third kappa shape index (κ3) is 3.65. The number of benzene rings is 3. The molecule has 0 radical (unpaired) electrons. The topological polar surface area (TPSA) is 79.8 Å². The average molecular weight is 448 g/mol. The zero-order valence-corrected chi connectivity index (χ0v) is 17.8. The van der Waals surface area contributed by atoms with E-state index in [2.05, 4.69) is 19.4 Å². The Balaban J connectivity index is 1.36. The summed E-state index contributed by atoms with van der Waals surface area (Å²) in [7, 11) is 0. The van der Waals surface area contributed by atoms with E-state index in [0.29, 0.717) is 11.1 Å². The first-order valence-corrected chi connectivity index (χ1v) is 10.9. The maximum Gasteiger partial charge on any atom is 0.257 e. The van der Waals surface area contributed by atoms with Gasteiger partial charge >= 0.3 is 0 Å². The van der Waals surface area contributed by atoms with Gasteiger partial charge in [0.1, 0.15) is 16.0 Å². The monoisotopic (exact) mass is 447 g/mol. The quantitative estimate of drug-likeness (QED) is 0.375. The maximum atomic E-state index is 12.6. The van der Waals surface area contributed by atoms with Gasteiger partial charge < -0.3 is 5.32 Å². The normalized spacial score (nSPS) is 10.9. The van der Waals surface area contributed by atoms with E-state index in [0.717, 1.165) is 43.7 Å². The van der Waals surface area contributed by atoms with Gasteiger partial charge in [0.2, 0.25) is 0 Å². The molecule has 0 spiro atoms. The summed E-state index contributed by atoms with van der Waals surface area (Å²) in [5.41, 5.74) is 4.58. The molecular formula is C21H13N5OS3. The first-order chi connectivity index (χ1) is 14.7. The molecule has 0 aliphatic rings. The second-order valence-electron chi connectivity index (χ2n) is 6.41. The van der Waals surface area contributed by atoms with Crippen LogP contribution in [0.1, 0.15) is 10.4 Å². The highest BCUT2D eigenvalue weighted by Gasteiger charge is 2.14. The smallest absolute Gasteiger partial charge is 0.257 e. The lowest BCUT2D eigenvalue weighted by molar-refractivity contribution is 0.0978. The fourth-order valence-corrected chi connectivity index (χ4v) is 4.74. The van der Waals surface area contributed by atoms with Gasteiger partial charge in [-0.15, -0.1) is 11.3 Å². The van der Waals surface area contributed by atoms with Crippen LogP contribution in [0.15, 0.2) is 66.7 Å². The fourth-order valence-electron chi connectivity index (χ4n) is 3.02. The van der Waals surface area contributed by atoms with Crippen LogP contribution in [0, 0.1) is 0 Å². The molecule has 2 heterocycles. The van der Waals surface area contributed by atoms with Crippen molar-refractivity contribution in [2.45, 2.75) is 0 Å². The van der Waals surface area contributed by atoms with Gasteiger partial charge in [0.25, 0.3) is 5.91 Å². The number of thiazole rings is 1. The first kappa shape index (κ1) is 18.7. The van der Waals surface area contributed by atoms with Crippen LogP contribution in [-0.4, -0.2) is 24.8 Å². The van der Waals surface area contributed by atoms with Gasteiger partial charge in [0, 0.05) is 11.1 Å². The maximum absolute atomic E-state index is 12.6. The zero-order chi connectivity index (χ0) is 20.5. The number of hydrogen-bond donors (Lipinski definition) is 2. The van der Waals surface area contributed by atoms with Gasteiger partial charge in [0.05, 0.1) is 27.6 Å². The van der Waals surface area contributed by atoms with E-state index in [-0.39, 0.29) is 11.0 Å². The van der Waals surface area contributed by atoms with Crippen molar-refractivity contribution in [3.63, 3.8) is 0 Å². The molecule has 0 atom stereocenters. The van der Waals surface area contributed by atoms with E-state index >= 15 is 0 Å². The molecular weight excluding hydrogens is 434 g/mol. The van der Waals surface area contributed by atoms with Crippen molar-refractivity contribution < 1.29 is 4.79 Å². The van der Waals surface area contributed by atoms with Crippen molar-refractivity contribution in [1.82, 2.24) is 19.0 Å². The summed E-state index contributed by atoms with van der Waals surface area (Å²) in [5, 5.41) is 6.95. The van der Waals surface area contributed by atoms with Crippen molar-refractivity contribution in [2.24, 2.45) is 0 Å². The molecule has 3 aromatic carbocycles. The Morgan fingerprint density at radius 1 is 0.900 bits per heavy atom. The van der Waals surface area contributed by atoms with Crippen LogP contribution in [0.4, 0.5) is 5.69 Å². The van der Waals surface area contributed by atoms with Crippen LogP contribution in [0.2, 0.25) is 0 Å². The van der Waals surface area contributed by atoms with Gasteiger partial charge in [-0.1, -0.05) is 24.3 Å². The molecule has 1 amide bonds. The molecule has 0 aliphatic carbocycles. The van der Waals surface area contributed by atoms with Crippen LogP contribution in [0.3, 0.4) is 0 Å². The number of aromatic nitrogens is 3. The number of nitrogens with one attached hydrogen (secondary N) is 2. The van der Waals surface area contributed by atoms with Crippen LogP contribution in [0.5, 0.6) is 0 Å². The van der Waals surface area contributed by atoms with E-state index in [1.54, 1.807) is 29.5 Å². The van der Waals surface area contributed by atoms with E-state index in [4.69, 9.17) is 17.2 Å². The van der Waals surface area contributed by atoms with E-state index in [1.807, 2.05) is 48.5 Å². The molecule has 5 rings (SSSR count). The summed E-state index contributed by atoms with van der Waals surface area (Å²) < 4.78 is 9.43. The Labute approximate surface area is 184 Å². The standard InChI is InChI=1S/C21H13N5OS3/c27-19(12-9-10-15-17(11-12)26-30-25-15)24-21(28)23-14-6-2-1-5-13(14)20-22-16-7-3-4-8-18(16)29-20/h1-11H,(H2,23,24,27,28).